The van der Waals surface area contributed by atoms with E-state index < -0.39 is 0 Å². The van der Waals surface area contributed by atoms with Crippen molar-refractivity contribution in [3.8, 4) is 0 Å². The Bertz CT molecular complexity index is 486. The standard InChI is InChI=1S/C12H18N4/c1-12(2,14-3)11(13)8-4-5-9-10(6-8)16-7-15-9/h4-7,11,14H,13H2,1-3H3,(H,15,16). The van der Waals surface area contributed by atoms with Gasteiger partial charge in [-0.1, -0.05) is 6.07 Å². The number of hydrogen-bond acceptors (Lipinski definition) is 3. The van der Waals surface area contributed by atoms with Crippen LogP contribution in [0.3, 0.4) is 0 Å². The van der Waals surface area contributed by atoms with E-state index in [0.29, 0.717) is 0 Å². The summed E-state index contributed by atoms with van der Waals surface area (Å²) in [6.45, 7) is 4.18. The summed E-state index contributed by atoms with van der Waals surface area (Å²) >= 11 is 0. The zero-order valence-corrected chi connectivity index (χ0v) is 9.91. The number of benzene rings is 1. The van der Waals surface area contributed by atoms with E-state index in [1.807, 2.05) is 19.2 Å². The van der Waals surface area contributed by atoms with E-state index >= 15 is 0 Å². The Hall–Kier alpha value is -1.39. The van der Waals surface area contributed by atoms with Crippen LogP contribution in [0.4, 0.5) is 0 Å². The predicted molar refractivity (Wildman–Crippen MR) is 66.2 cm³/mol. The number of aromatic amines is 1. The topological polar surface area (TPSA) is 66.7 Å². The molecule has 1 atom stereocenters. The average molecular weight is 218 g/mol. The molecule has 0 aliphatic carbocycles. The van der Waals surface area contributed by atoms with Crippen molar-refractivity contribution >= 4 is 11.0 Å². The Morgan fingerprint density at radius 2 is 2.19 bits per heavy atom. The summed E-state index contributed by atoms with van der Waals surface area (Å²) in [6.07, 6.45) is 1.70. The van der Waals surface area contributed by atoms with Crippen LogP contribution in [0.15, 0.2) is 24.5 Å². The second-order valence-electron chi connectivity index (χ2n) is 4.63. The van der Waals surface area contributed by atoms with E-state index in [9.17, 15) is 0 Å². The lowest BCUT2D eigenvalue weighted by Crippen LogP contribution is -2.46. The third kappa shape index (κ3) is 1.81. The first-order valence-corrected chi connectivity index (χ1v) is 5.42. The molecule has 1 unspecified atom stereocenters. The molecule has 1 aromatic heterocycles. The summed E-state index contributed by atoms with van der Waals surface area (Å²) in [6, 6.07) is 6.04. The van der Waals surface area contributed by atoms with Crippen LogP contribution in [0.1, 0.15) is 25.5 Å². The molecule has 0 aliphatic rings. The minimum Gasteiger partial charge on any atom is -0.345 e. The van der Waals surface area contributed by atoms with Crippen LogP contribution in [0.25, 0.3) is 11.0 Å². The van der Waals surface area contributed by atoms with Gasteiger partial charge in [0.1, 0.15) is 0 Å². The number of fused-ring (bicyclic) bond motifs is 1. The molecular formula is C12H18N4. The molecule has 0 aliphatic heterocycles. The Labute approximate surface area is 95.3 Å². The van der Waals surface area contributed by atoms with Gasteiger partial charge in [-0.3, -0.25) is 0 Å². The lowest BCUT2D eigenvalue weighted by molar-refractivity contribution is 0.349. The van der Waals surface area contributed by atoms with Gasteiger partial charge >= 0.3 is 0 Å². The van der Waals surface area contributed by atoms with Crippen molar-refractivity contribution in [1.82, 2.24) is 15.3 Å². The fourth-order valence-electron chi connectivity index (χ4n) is 1.72. The SMILES string of the molecule is CNC(C)(C)C(N)c1ccc2nc[nH]c2c1. The second kappa shape index (κ2) is 3.88. The number of likely N-dealkylation sites (N-methyl/N-ethyl adjacent to an activating group) is 1. The Morgan fingerprint density at radius 3 is 2.88 bits per heavy atom. The number of nitrogens with two attached hydrogens (primary N) is 1. The first-order valence-electron chi connectivity index (χ1n) is 5.42. The van der Waals surface area contributed by atoms with Crippen molar-refractivity contribution in [3.63, 3.8) is 0 Å². The van der Waals surface area contributed by atoms with E-state index in [1.165, 1.54) is 0 Å². The molecule has 2 rings (SSSR count). The molecule has 1 heterocycles. The predicted octanol–water partition coefficient (Wildman–Crippen LogP) is 1.56. The largest absolute Gasteiger partial charge is 0.345 e. The lowest BCUT2D eigenvalue weighted by Gasteiger charge is -2.31. The Balaban J connectivity index is 2.39. The number of hydrogen-bond donors (Lipinski definition) is 3. The monoisotopic (exact) mass is 218 g/mol. The average Bonchev–Trinajstić information content (AvgIpc) is 2.74. The molecule has 0 spiro atoms. The minimum absolute atomic E-state index is 0.0507. The van der Waals surface area contributed by atoms with E-state index in [-0.39, 0.29) is 11.6 Å². The normalized spacial score (nSPS) is 14.2. The number of imidazole rings is 1. The molecule has 4 heteroatoms. The van der Waals surface area contributed by atoms with Gasteiger partial charge in [0, 0.05) is 11.6 Å². The summed E-state index contributed by atoms with van der Waals surface area (Å²) < 4.78 is 0. The third-order valence-electron chi connectivity index (χ3n) is 3.23. The zero-order valence-electron chi connectivity index (χ0n) is 9.91. The summed E-state index contributed by atoms with van der Waals surface area (Å²) in [5.74, 6) is 0. The van der Waals surface area contributed by atoms with E-state index in [4.69, 9.17) is 5.73 Å². The maximum Gasteiger partial charge on any atom is 0.0931 e. The van der Waals surface area contributed by atoms with Crippen molar-refractivity contribution in [2.24, 2.45) is 5.73 Å². The molecule has 0 amide bonds. The van der Waals surface area contributed by atoms with Gasteiger partial charge < -0.3 is 16.0 Å². The first-order chi connectivity index (χ1) is 7.54. The van der Waals surface area contributed by atoms with Crippen molar-refractivity contribution in [1.29, 1.82) is 0 Å². The molecular weight excluding hydrogens is 200 g/mol. The smallest absolute Gasteiger partial charge is 0.0931 e. The van der Waals surface area contributed by atoms with Crippen LogP contribution in [0.2, 0.25) is 0 Å². The van der Waals surface area contributed by atoms with Crippen molar-refractivity contribution in [3.05, 3.63) is 30.1 Å². The van der Waals surface area contributed by atoms with Crippen LogP contribution >= 0.6 is 0 Å². The van der Waals surface area contributed by atoms with Gasteiger partial charge in [-0.05, 0) is 38.6 Å². The number of rotatable bonds is 3. The third-order valence-corrected chi connectivity index (χ3v) is 3.23. The number of nitrogens with one attached hydrogen (secondary N) is 2. The highest BCUT2D eigenvalue weighted by molar-refractivity contribution is 5.75. The van der Waals surface area contributed by atoms with E-state index in [1.54, 1.807) is 6.33 Å². The fraction of sp³-hybridized carbons (Fsp3) is 0.417. The molecule has 0 fully saturated rings. The summed E-state index contributed by atoms with van der Waals surface area (Å²) in [4.78, 5) is 7.29. The van der Waals surface area contributed by atoms with Crippen LogP contribution in [-0.4, -0.2) is 22.6 Å². The van der Waals surface area contributed by atoms with Crippen molar-refractivity contribution < 1.29 is 0 Å². The lowest BCUT2D eigenvalue weighted by atomic mass is 9.89. The quantitative estimate of drug-likeness (QED) is 0.732. The number of nitrogens with zero attached hydrogens (tertiary/aromatic N) is 1. The highest BCUT2D eigenvalue weighted by atomic mass is 15.0. The number of aromatic nitrogens is 2. The zero-order chi connectivity index (χ0) is 11.8. The van der Waals surface area contributed by atoms with Gasteiger partial charge in [0.2, 0.25) is 0 Å². The summed E-state index contributed by atoms with van der Waals surface area (Å²) in [5.41, 5.74) is 9.22. The Kier molecular flexibility index (Phi) is 2.69. The first kappa shape index (κ1) is 11.1. The molecule has 16 heavy (non-hydrogen) atoms. The molecule has 1 aromatic carbocycles. The van der Waals surface area contributed by atoms with Gasteiger partial charge in [0.05, 0.1) is 17.4 Å². The molecule has 4 nitrogen and oxygen atoms in total. The highest BCUT2D eigenvalue weighted by Gasteiger charge is 2.25. The maximum absolute atomic E-state index is 6.25. The fourth-order valence-corrected chi connectivity index (χ4v) is 1.72. The summed E-state index contributed by atoms with van der Waals surface area (Å²) in [7, 11) is 1.93. The molecule has 2 aromatic rings. The van der Waals surface area contributed by atoms with Crippen LogP contribution in [-0.2, 0) is 0 Å². The van der Waals surface area contributed by atoms with Gasteiger partial charge in [-0.15, -0.1) is 0 Å². The summed E-state index contributed by atoms with van der Waals surface area (Å²) in [5, 5.41) is 3.23. The minimum atomic E-state index is -0.131. The molecule has 4 N–H and O–H groups in total. The van der Waals surface area contributed by atoms with Crippen LogP contribution in [0, 0.1) is 0 Å². The Morgan fingerprint density at radius 1 is 1.44 bits per heavy atom. The molecule has 86 valence electrons. The van der Waals surface area contributed by atoms with Crippen LogP contribution < -0.4 is 11.1 Å². The number of H-pyrrole nitrogens is 1. The molecule has 0 radical (unpaired) electrons. The van der Waals surface area contributed by atoms with Crippen molar-refractivity contribution in [2.45, 2.75) is 25.4 Å². The molecule has 0 bridgehead atoms. The van der Waals surface area contributed by atoms with E-state index in [2.05, 4.69) is 35.2 Å². The van der Waals surface area contributed by atoms with Gasteiger partial charge in [0.25, 0.3) is 0 Å². The van der Waals surface area contributed by atoms with Crippen LogP contribution in [0.5, 0.6) is 0 Å². The molecule has 0 saturated carbocycles. The van der Waals surface area contributed by atoms with Gasteiger partial charge in [-0.2, -0.15) is 0 Å². The second-order valence-corrected chi connectivity index (χ2v) is 4.63. The van der Waals surface area contributed by atoms with Crippen molar-refractivity contribution in [2.75, 3.05) is 7.05 Å². The van der Waals surface area contributed by atoms with Gasteiger partial charge in [0.15, 0.2) is 0 Å². The van der Waals surface area contributed by atoms with Gasteiger partial charge in [-0.25, -0.2) is 4.98 Å². The highest BCUT2D eigenvalue weighted by Crippen LogP contribution is 2.24. The maximum atomic E-state index is 6.25. The van der Waals surface area contributed by atoms with E-state index in [0.717, 1.165) is 16.6 Å². The molecule has 0 saturated heterocycles.